The fourth-order valence-electron chi connectivity index (χ4n) is 1.51. The van der Waals surface area contributed by atoms with Crippen LogP contribution in [0.3, 0.4) is 0 Å². The first-order chi connectivity index (χ1) is 8.02. The molecule has 0 saturated carbocycles. The quantitative estimate of drug-likeness (QED) is 0.842. The van der Waals surface area contributed by atoms with Gasteiger partial charge in [0.2, 0.25) is 11.8 Å². The number of aromatic nitrogens is 2. The van der Waals surface area contributed by atoms with Gasteiger partial charge in [-0.15, -0.1) is 0 Å². The van der Waals surface area contributed by atoms with Crippen LogP contribution in [-0.2, 0) is 0 Å². The fourth-order valence-corrected chi connectivity index (χ4v) is 1.86. The molecule has 1 rings (SSSR count). The lowest BCUT2D eigenvalue weighted by Gasteiger charge is -2.14. The Morgan fingerprint density at radius 2 is 2.24 bits per heavy atom. The number of hydrogen-bond acceptors (Lipinski definition) is 5. The molecule has 96 valence electrons. The molecule has 2 N–H and O–H groups in total. The largest absolute Gasteiger partial charge is 0.480 e. The van der Waals surface area contributed by atoms with Crippen molar-refractivity contribution in [2.75, 3.05) is 19.0 Å². The van der Waals surface area contributed by atoms with Crippen LogP contribution in [-0.4, -0.2) is 34.8 Å². The van der Waals surface area contributed by atoms with E-state index >= 15 is 0 Å². The summed E-state index contributed by atoms with van der Waals surface area (Å²) >= 11 is 3.29. The van der Waals surface area contributed by atoms with Gasteiger partial charge in [-0.25, -0.2) is 4.98 Å². The lowest BCUT2D eigenvalue weighted by molar-refractivity contribution is 0.166. The zero-order valence-electron chi connectivity index (χ0n) is 10.3. The van der Waals surface area contributed by atoms with Crippen molar-refractivity contribution in [1.29, 1.82) is 0 Å². The molecule has 0 spiro atoms. The number of hydrogen-bond donors (Lipinski definition) is 2. The van der Waals surface area contributed by atoms with Crippen molar-refractivity contribution >= 4 is 21.9 Å². The van der Waals surface area contributed by atoms with Crippen LogP contribution in [0.25, 0.3) is 0 Å². The summed E-state index contributed by atoms with van der Waals surface area (Å²) in [5.41, 5.74) is 0. The molecular weight excluding hydrogens is 286 g/mol. The fraction of sp³-hybridized carbons (Fsp3) is 0.636. The van der Waals surface area contributed by atoms with Gasteiger partial charge >= 0.3 is 0 Å². The Kier molecular flexibility index (Phi) is 5.64. The summed E-state index contributed by atoms with van der Waals surface area (Å²) in [7, 11) is 1.56. The third-order valence-electron chi connectivity index (χ3n) is 2.26. The molecule has 0 radical (unpaired) electrons. The highest BCUT2D eigenvalue weighted by Gasteiger charge is 2.08. The van der Waals surface area contributed by atoms with E-state index in [-0.39, 0.29) is 6.10 Å². The molecule has 0 aliphatic heterocycles. The number of aliphatic hydroxyl groups is 1. The van der Waals surface area contributed by atoms with Gasteiger partial charge in [0.25, 0.3) is 0 Å². The van der Waals surface area contributed by atoms with E-state index in [4.69, 9.17) is 4.74 Å². The number of methoxy groups -OCH3 is 1. The second-order valence-electron chi connectivity index (χ2n) is 4.12. The highest BCUT2D eigenvalue weighted by Crippen LogP contribution is 2.21. The number of rotatable bonds is 6. The Balaban J connectivity index is 2.52. The first-order valence-corrected chi connectivity index (χ1v) is 6.30. The van der Waals surface area contributed by atoms with Crippen LogP contribution in [0.1, 0.15) is 20.3 Å². The first-order valence-electron chi connectivity index (χ1n) is 5.51. The van der Waals surface area contributed by atoms with Crippen LogP contribution in [0.4, 0.5) is 5.95 Å². The summed E-state index contributed by atoms with van der Waals surface area (Å²) in [6, 6.07) is 0. The molecule has 2 unspecified atom stereocenters. The number of anilines is 1. The number of nitrogens with one attached hydrogen (secondary N) is 1. The summed E-state index contributed by atoms with van der Waals surface area (Å²) in [5.74, 6) is 1.39. The maximum atomic E-state index is 9.25. The molecule has 0 fully saturated rings. The van der Waals surface area contributed by atoms with Crippen molar-refractivity contribution in [2.45, 2.75) is 26.4 Å². The van der Waals surface area contributed by atoms with Gasteiger partial charge < -0.3 is 15.2 Å². The van der Waals surface area contributed by atoms with Gasteiger partial charge in [-0.3, -0.25) is 0 Å². The molecule has 1 aromatic heterocycles. The van der Waals surface area contributed by atoms with Crippen LogP contribution in [0.15, 0.2) is 10.7 Å². The van der Waals surface area contributed by atoms with Crippen molar-refractivity contribution in [3.8, 4) is 5.88 Å². The summed E-state index contributed by atoms with van der Waals surface area (Å²) in [5, 5.41) is 12.4. The minimum Gasteiger partial charge on any atom is -0.480 e. The van der Waals surface area contributed by atoms with Gasteiger partial charge in [0, 0.05) is 6.54 Å². The average Bonchev–Trinajstić information content (AvgIpc) is 2.27. The van der Waals surface area contributed by atoms with Gasteiger partial charge in [-0.1, -0.05) is 6.92 Å². The Morgan fingerprint density at radius 3 is 2.82 bits per heavy atom. The maximum Gasteiger partial charge on any atom is 0.232 e. The first kappa shape index (κ1) is 14.2. The number of nitrogens with zero attached hydrogens (tertiary/aromatic N) is 2. The Labute approximate surface area is 110 Å². The molecule has 2 atom stereocenters. The second-order valence-corrected chi connectivity index (χ2v) is 4.98. The highest BCUT2D eigenvalue weighted by atomic mass is 79.9. The van der Waals surface area contributed by atoms with Crippen LogP contribution >= 0.6 is 15.9 Å². The minimum atomic E-state index is -0.285. The Morgan fingerprint density at radius 1 is 1.53 bits per heavy atom. The number of aliphatic hydroxyl groups excluding tert-OH is 1. The lowest BCUT2D eigenvalue weighted by atomic mass is 10.1. The normalized spacial score (nSPS) is 14.2. The van der Waals surface area contributed by atoms with Gasteiger partial charge in [0.1, 0.15) is 0 Å². The summed E-state index contributed by atoms with van der Waals surface area (Å²) in [4.78, 5) is 8.31. The second kappa shape index (κ2) is 6.76. The molecule has 17 heavy (non-hydrogen) atoms. The number of halogens is 1. The van der Waals surface area contributed by atoms with Crippen LogP contribution in [0.5, 0.6) is 5.88 Å². The molecule has 0 aliphatic rings. The molecule has 0 bridgehead atoms. The van der Waals surface area contributed by atoms with Crippen molar-refractivity contribution in [1.82, 2.24) is 9.97 Å². The van der Waals surface area contributed by atoms with E-state index in [0.29, 0.717) is 17.7 Å². The monoisotopic (exact) mass is 303 g/mol. The topological polar surface area (TPSA) is 67.3 Å². The number of ether oxygens (including phenoxy) is 1. The van der Waals surface area contributed by atoms with Crippen LogP contribution < -0.4 is 10.1 Å². The molecule has 0 saturated heterocycles. The third kappa shape index (κ3) is 4.87. The van der Waals surface area contributed by atoms with E-state index in [1.165, 1.54) is 0 Å². The lowest BCUT2D eigenvalue weighted by Crippen LogP contribution is -2.17. The van der Waals surface area contributed by atoms with Crippen LogP contribution in [0, 0.1) is 5.92 Å². The van der Waals surface area contributed by atoms with E-state index in [0.717, 1.165) is 17.4 Å². The molecule has 0 aliphatic carbocycles. The SMILES string of the molecule is COc1nc(NCC(C)CC(C)O)ncc1Br. The predicted molar refractivity (Wildman–Crippen MR) is 70.2 cm³/mol. The van der Waals surface area contributed by atoms with Crippen LogP contribution in [0.2, 0.25) is 0 Å². The van der Waals surface area contributed by atoms with E-state index in [2.05, 4.69) is 38.1 Å². The Bertz CT molecular complexity index is 361. The standard InChI is InChI=1S/C11H18BrN3O2/c1-7(4-8(2)16)5-13-11-14-6-9(12)10(15-11)17-3/h6-8,16H,4-5H2,1-3H3,(H,13,14,15). The van der Waals surface area contributed by atoms with E-state index < -0.39 is 0 Å². The minimum absolute atomic E-state index is 0.285. The Hall–Kier alpha value is -0.880. The zero-order valence-corrected chi connectivity index (χ0v) is 11.9. The highest BCUT2D eigenvalue weighted by molar-refractivity contribution is 9.10. The molecule has 1 aromatic rings. The van der Waals surface area contributed by atoms with Gasteiger partial charge in [-0.05, 0) is 35.2 Å². The third-order valence-corrected chi connectivity index (χ3v) is 2.80. The van der Waals surface area contributed by atoms with E-state index in [9.17, 15) is 5.11 Å². The molecule has 1 heterocycles. The van der Waals surface area contributed by atoms with Crippen molar-refractivity contribution in [2.24, 2.45) is 5.92 Å². The molecule has 0 amide bonds. The molecule has 6 heteroatoms. The van der Waals surface area contributed by atoms with E-state index in [1.807, 2.05) is 0 Å². The van der Waals surface area contributed by atoms with Gasteiger partial charge in [0.15, 0.2) is 0 Å². The maximum absolute atomic E-state index is 9.25. The summed E-state index contributed by atoms with van der Waals surface area (Å²) < 4.78 is 5.80. The van der Waals surface area contributed by atoms with Crippen molar-refractivity contribution in [3.63, 3.8) is 0 Å². The van der Waals surface area contributed by atoms with Crippen molar-refractivity contribution < 1.29 is 9.84 Å². The summed E-state index contributed by atoms with van der Waals surface area (Å²) in [6.07, 6.45) is 2.11. The molecule has 5 nitrogen and oxygen atoms in total. The van der Waals surface area contributed by atoms with Gasteiger partial charge in [-0.2, -0.15) is 4.98 Å². The summed E-state index contributed by atoms with van der Waals surface area (Å²) in [6.45, 7) is 4.57. The van der Waals surface area contributed by atoms with Gasteiger partial charge in [0.05, 0.1) is 23.9 Å². The van der Waals surface area contributed by atoms with E-state index in [1.54, 1.807) is 20.2 Å². The average molecular weight is 304 g/mol. The smallest absolute Gasteiger partial charge is 0.232 e. The predicted octanol–water partition coefficient (Wildman–Crippen LogP) is 2.07. The molecule has 0 aromatic carbocycles. The zero-order chi connectivity index (χ0) is 12.8. The molecular formula is C11H18BrN3O2. The van der Waals surface area contributed by atoms with Crippen molar-refractivity contribution in [3.05, 3.63) is 10.7 Å².